The summed E-state index contributed by atoms with van der Waals surface area (Å²) >= 11 is 6.57. The molecule has 0 radical (unpaired) electrons. The van der Waals surface area contributed by atoms with Gasteiger partial charge in [-0.1, -0.05) is 35.5 Å². The predicted molar refractivity (Wildman–Crippen MR) is 70.8 cm³/mol. The van der Waals surface area contributed by atoms with Crippen molar-refractivity contribution in [2.45, 2.75) is 9.79 Å². The molecule has 94 valence electrons. The van der Waals surface area contributed by atoms with Gasteiger partial charge in [0.05, 0.1) is 16.3 Å². The molecule has 0 fully saturated rings. The predicted octanol–water partition coefficient (Wildman–Crippen LogP) is 3.93. The molecular formula is C12H9ClF2N2S. The minimum absolute atomic E-state index is 0.0598. The molecule has 4 N–H and O–H groups in total. The summed E-state index contributed by atoms with van der Waals surface area (Å²) in [5.74, 6) is -1.18. The minimum Gasteiger partial charge on any atom is -0.398 e. The summed E-state index contributed by atoms with van der Waals surface area (Å²) in [5.41, 5.74) is 11.3. The molecule has 2 nitrogen and oxygen atoms in total. The van der Waals surface area contributed by atoms with Crippen molar-refractivity contribution in [3.05, 3.63) is 47.0 Å². The highest BCUT2D eigenvalue weighted by Gasteiger charge is 2.16. The van der Waals surface area contributed by atoms with Crippen LogP contribution in [-0.4, -0.2) is 0 Å². The Morgan fingerprint density at radius 3 is 2.39 bits per heavy atom. The first kappa shape index (κ1) is 13.0. The largest absolute Gasteiger partial charge is 0.398 e. The molecule has 0 atom stereocenters. The highest BCUT2D eigenvalue weighted by atomic mass is 35.5. The summed E-state index contributed by atoms with van der Waals surface area (Å²) < 4.78 is 27.4. The topological polar surface area (TPSA) is 52.0 Å². The Bertz CT molecular complexity index is 605. The lowest BCUT2D eigenvalue weighted by Crippen LogP contribution is -1.98. The van der Waals surface area contributed by atoms with Crippen LogP contribution in [0.2, 0.25) is 5.02 Å². The summed E-state index contributed by atoms with van der Waals surface area (Å²) in [5, 5.41) is -0.206. The Kier molecular flexibility index (Phi) is 3.63. The van der Waals surface area contributed by atoms with Crippen LogP contribution >= 0.6 is 23.4 Å². The van der Waals surface area contributed by atoms with Gasteiger partial charge in [0.2, 0.25) is 0 Å². The van der Waals surface area contributed by atoms with Crippen molar-refractivity contribution in [1.82, 2.24) is 0 Å². The molecule has 2 aromatic rings. The summed E-state index contributed by atoms with van der Waals surface area (Å²) in [7, 11) is 0. The van der Waals surface area contributed by atoms with E-state index in [2.05, 4.69) is 0 Å². The lowest BCUT2D eigenvalue weighted by Gasteiger charge is -2.10. The third-order valence-corrected chi connectivity index (χ3v) is 3.82. The van der Waals surface area contributed by atoms with Gasteiger partial charge < -0.3 is 11.5 Å². The summed E-state index contributed by atoms with van der Waals surface area (Å²) in [6, 6.07) is 7.38. The Morgan fingerprint density at radius 1 is 1.06 bits per heavy atom. The molecule has 0 aliphatic rings. The fraction of sp³-hybridized carbons (Fsp3) is 0. The lowest BCUT2D eigenvalue weighted by atomic mass is 10.3. The molecule has 0 spiro atoms. The van der Waals surface area contributed by atoms with Gasteiger partial charge in [0.15, 0.2) is 5.82 Å². The Hall–Kier alpha value is -1.46. The van der Waals surface area contributed by atoms with E-state index >= 15 is 0 Å². The second kappa shape index (κ2) is 5.04. The molecule has 2 aromatic carbocycles. The molecule has 6 heteroatoms. The molecule has 0 saturated heterocycles. The molecule has 0 bridgehead atoms. The maximum Gasteiger partial charge on any atom is 0.159 e. The van der Waals surface area contributed by atoms with Gasteiger partial charge in [-0.25, -0.2) is 8.78 Å². The van der Waals surface area contributed by atoms with Crippen LogP contribution in [0.4, 0.5) is 20.2 Å². The average Bonchev–Trinajstić information content (AvgIpc) is 2.34. The van der Waals surface area contributed by atoms with Crippen LogP contribution in [0, 0.1) is 11.6 Å². The minimum atomic E-state index is -0.734. The molecule has 0 amide bonds. The van der Waals surface area contributed by atoms with E-state index in [1.54, 1.807) is 12.1 Å². The zero-order valence-electron chi connectivity index (χ0n) is 9.08. The Labute approximate surface area is 112 Å². The van der Waals surface area contributed by atoms with E-state index in [4.69, 9.17) is 23.1 Å². The number of rotatable bonds is 2. The van der Waals surface area contributed by atoms with Gasteiger partial charge in [-0.05, 0) is 18.2 Å². The van der Waals surface area contributed by atoms with Gasteiger partial charge in [-0.3, -0.25) is 0 Å². The molecular weight excluding hydrogens is 278 g/mol. The normalized spacial score (nSPS) is 10.6. The van der Waals surface area contributed by atoms with Gasteiger partial charge in [-0.15, -0.1) is 0 Å². The fourth-order valence-electron chi connectivity index (χ4n) is 1.39. The van der Waals surface area contributed by atoms with Crippen LogP contribution in [0.15, 0.2) is 40.1 Å². The van der Waals surface area contributed by atoms with Crippen molar-refractivity contribution in [2.75, 3.05) is 11.5 Å². The van der Waals surface area contributed by atoms with Crippen molar-refractivity contribution < 1.29 is 8.78 Å². The van der Waals surface area contributed by atoms with Gasteiger partial charge >= 0.3 is 0 Å². The number of anilines is 2. The van der Waals surface area contributed by atoms with Crippen LogP contribution in [0.3, 0.4) is 0 Å². The van der Waals surface area contributed by atoms with Gasteiger partial charge in [0.25, 0.3) is 0 Å². The number of hydrogen-bond donors (Lipinski definition) is 2. The van der Waals surface area contributed by atoms with E-state index in [9.17, 15) is 8.78 Å². The van der Waals surface area contributed by atoms with E-state index in [-0.39, 0.29) is 26.2 Å². The molecule has 0 aromatic heterocycles. The zero-order chi connectivity index (χ0) is 13.3. The van der Waals surface area contributed by atoms with E-state index in [1.807, 2.05) is 0 Å². The second-order valence-electron chi connectivity index (χ2n) is 3.54. The molecule has 2 rings (SSSR count). The van der Waals surface area contributed by atoms with Crippen molar-refractivity contribution in [1.29, 1.82) is 0 Å². The standard InChI is InChI=1S/C12H9ClF2N2S/c13-10-7(16)5-8(17)12(11(10)15)18-9-4-2-1-3-6(9)14/h1-5H,16-17H2. The van der Waals surface area contributed by atoms with Crippen molar-refractivity contribution in [3.8, 4) is 0 Å². The number of benzene rings is 2. The van der Waals surface area contributed by atoms with Crippen LogP contribution in [0.5, 0.6) is 0 Å². The molecule has 0 saturated carbocycles. The van der Waals surface area contributed by atoms with Crippen LogP contribution in [0.1, 0.15) is 0 Å². The first-order valence-corrected chi connectivity index (χ1v) is 6.15. The molecule has 0 aliphatic carbocycles. The number of halogens is 3. The molecule has 18 heavy (non-hydrogen) atoms. The maximum atomic E-state index is 13.9. The summed E-state index contributed by atoms with van der Waals surface area (Å²) in [6.07, 6.45) is 0. The SMILES string of the molecule is Nc1cc(N)c(Sc2ccccc2F)c(F)c1Cl. The third kappa shape index (κ3) is 2.37. The van der Waals surface area contributed by atoms with Crippen molar-refractivity contribution in [2.24, 2.45) is 0 Å². The first-order valence-electron chi connectivity index (χ1n) is 4.96. The van der Waals surface area contributed by atoms with Gasteiger partial charge in [-0.2, -0.15) is 0 Å². The van der Waals surface area contributed by atoms with E-state index in [0.29, 0.717) is 0 Å². The second-order valence-corrected chi connectivity index (χ2v) is 4.97. The zero-order valence-corrected chi connectivity index (χ0v) is 10.7. The van der Waals surface area contributed by atoms with E-state index in [1.165, 1.54) is 18.2 Å². The summed E-state index contributed by atoms with van der Waals surface area (Å²) in [4.78, 5) is 0.336. The van der Waals surface area contributed by atoms with E-state index in [0.717, 1.165) is 11.8 Å². The first-order chi connectivity index (χ1) is 8.50. The van der Waals surface area contributed by atoms with Crippen LogP contribution < -0.4 is 11.5 Å². The Morgan fingerprint density at radius 2 is 1.72 bits per heavy atom. The third-order valence-electron chi connectivity index (χ3n) is 2.27. The number of hydrogen-bond acceptors (Lipinski definition) is 3. The smallest absolute Gasteiger partial charge is 0.159 e. The number of nitrogen functional groups attached to an aromatic ring is 2. The molecule has 0 unspecified atom stereocenters. The van der Waals surface area contributed by atoms with Crippen LogP contribution in [0.25, 0.3) is 0 Å². The quantitative estimate of drug-likeness (QED) is 0.822. The molecule has 0 heterocycles. The van der Waals surface area contributed by atoms with E-state index < -0.39 is 11.6 Å². The van der Waals surface area contributed by atoms with Gasteiger partial charge in [0.1, 0.15) is 10.8 Å². The van der Waals surface area contributed by atoms with Crippen molar-refractivity contribution in [3.63, 3.8) is 0 Å². The average molecular weight is 287 g/mol. The Balaban J connectivity index is 2.47. The monoisotopic (exact) mass is 286 g/mol. The number of nitrogens with two attached hydrogens (primary N) is 2. The van der Waals surface area contributed by atoms with Gasteiger partial charge in [0, 0.05) is 4.90 Å². The molecule has 0 aliphatic heterocycles. The summed E-state index contributed by atoms with van der Waals surface area (Å²) in [6.45, 7) is 0. The van der Waals surface area contributed by atoms with Crippen LogP contribution in [-0.2, 0) is 0 Å². The fourth-order valence-corrected chi connectivity index (χ4v) is 2.50. The highest BCUT2D eigenvalue weighted by molar-refractivity contribution is 7.99. The highest BCUT2D eigenvalue weighted by Crippen LogP contribution is 2.40. The van der Waals surface area contributed by atoms with Crippen molar-refractivity contribution >= 4 is 34.7 Å². The lowest BCUT2D eigenvalue weighted by molar-refractivity contribution is 0.597. The maximum absolute atomic E-state index is 13.9.